The lowest BCUT2D eigenvalue weighted by Gasteiger charge is -2.27. The quantitative estimate of drug-likeness (QED) is 0.766. The highest BCUT2D eigenvalue weighted by molar-refractivity contribution is 9.10. The number of halogens is 1. The van der Waals surface area contributed by atoms with E-state index in [2.05, 4.69) is 64.5 Å². The van der Waals surface area contributed by atoms with Crippen LogP contribution in [0.1, 0.15) is 40.5 Å². The molecular formula is C16H19BrN2. The maximum atomic E-state index is 4.54. The molecule has 3 rings (SSSR count). The first kappa shape index (κ1) is 12.9. The summed E-state index contributed by atoms with van der Waals surface area (Å²) in [7, 11) is 0. The second kappa shape index (κ2) is 4.78. The van der Waals surface area contributed by atoms with Crippen LogP contribution in [0.25, 0.3) is 0 Å². The van der Waals surface area contributed by atoms with Gasteiger partial charge in [-0.05, 0) is 66.2 Å². The zero-order chi connectivity index (χ0) is 13.6. The minimum atomic E-state index is 0.618. The van der Waals surface area contributed by atoms with Crippen molar-refractivity contribution >= 4 is 15.9 Å². The highest BCUT2D eigenvalue weighted by Crippen LogP contribution is 2.34. The Morgan fingerprint density at radius 2 is 2.05 bits per heavy atom. The van der Waals surface area contributed by atoms with Crippen molar-refractivity contribution in [2.24, 2.45) is 0 Å². The lowest BCUT2D eigenvalue weighted by molar-refractivity contribution is 0.454. The molecule has 2 nitrogen and oxygen atoms in total. The monoisotopic (exact) mass is 318 g/mol. The van der Waals surface area contributed by atoms with Gasteiger partial charge in [-0.2, -0.15) is 0 Å². The normalized spacial score (nSPS) is 18.4. The number of hydrogen-bond donors (Lipinski definition) is 0. The van der Waals surface area contributed by atoms with Gasteiger partial charge in [0, 0.05) is 12.5 Å². The van der Waals surface area contributed by atoms with E-state index in [1.807, 2.05) is 0 Å². The minimum absolute atomic E-state index is 0.618. The van der Waals surface area contributed by atoms with Crippen LogP contribution >= 0.6 is 15.9 Å². The van der Waals surface area contributed by atoms with E-state index >= 15 is 0 Å². The van der Waals surface area contributed by atoms with Crippen molar-refractivity contribution in [2.45, 2.75) is 46.1 Å². The fraction of sp³-hybridized carbons (Fsp3) is 0.438. The first-order valence-electron chi connectivity index (χ1n) is 6.85. The maximum Gasteiger partial charge on any atom is 0.127 e. The van der Waals surface area contributed by atoms with Gasteiger partial charge in [-0.25, -0.2) is 4.98 Å². The molecule has 2 aromatic rings. The van der Waals surface area contributed by atoms with Gasteiger partial charge in [-0.1, -0.05) is 18.2 Å². The van der Waals surface area contributed by atoms with Crippen LogP contribution in [0.15, 0.2) is 22.8 Å². The summed E-state index contributed by atoms with van der Waals surface area (Å²) in [6.07, 6.45) is 2.33. The number of rotatable bonds is 1. The average molecular weight is 319 g/mol. The van der Waals surface area contributed by atoms with Crippen molar-refractivity contribution < 1.29 is 0 Å². The molecule has 0 fully saturated rings. The number of hydrogen-bond acceptors (Lipinski definition) is 1. The Morgan fingerprint density at radius 3 is 2.84 bits per heavy atom. The third-order valence-corrected chi connectivity index (χ3v) is 5.07. The molecule has 0 aliphatic carbocycles. The van der Waals surface area contributed by atoms with Crippen LogP contribution in [0.5, 0.6) is 0 Å². The van der Waals surface area contributed by atoms with E-state index in [4.69, 9.17) is 0 Å². The van der Waals surface area contributed by atoms with Gasteiger partial charge in [0.2, 0.25) is 0 Å². The Kier molecular flexibility index (Phi) is 3.25. The van der Waals surface area contributed by atoms with E-state index in [0.717, 1.165) is 23.4 Å². The van der Waals surface area contributed by atoms with Gasteiger partial charge in [0.15, 0.2) is 0 Å². The molecule has 1 aromatic carbocycles. The number of imidazole rings is 1. The largest absolute Gasteiger partial charge is 0.331 e. The van der Waals surface area contributed by atoms with E-state index in [-0.39, 0.29) is 0 Å². The van der Waals surface area contributed by atoms with E-state index in [0.29, 0.717) is 5.92 Å². The molecule has 0 bridgehead atoms. The maximum absolute atomic E-state index is 4.54. The van der Waals surface area contributed by atoms with Gasteiger partial charge in [-0.3, -0.25) is 0 Å². The molecule has 0 saturated carbocycles. The van der Waals surface area contributed by atoms with Gasteiger partial charge in [-0.15, -0.1) is 0 Å². The van der Waals surface area contributed by atoms with Crippen LogP contribution < -0.4 is 0 Å². The molecule has 0 saturated heterocycles. The fourth-order valence-corrected chi connectivity index (χ4v) is 3.82. The van der Waals surface area contributed by atoms with Crippen molar-refractivity contribution in [1.82, 2.24) is 9.55 Å². The molecule has 0 radical (unpaired) electrons. The number of aryl methyl sites for hydroxylation is 2. The van der Waals surface area contributed by atoms with Crippen LogP contribution in [-0.2, 0) is 13.0 Å². The first-order chi connectivity index (χ1) is 9.08. The number of nitrogens with zero attached hydrogens (tertiary/aromatic N) is 2. The highest BCUT2D eigenvalue weighted by Gasteiger charge is 2.25. The van der Waals surface area contributed by atoms with Gasteiger partial charge >= 0.3 is 0 Å². The van der Waals surface area contributed by atoms with Crippen LogP contribution in [0.2, 0.25) is 0 Å². The average Bonchev–Trinajstić information content (AvgIpc) is 2.68. The Bertz CT molecular complexity index is 628. The van der Waals surface area contributed by atoms with Crippen LogP contribution in [0, 0.1) is 20.8 Å². The molecule has 19 heavy (non-hydrogen) atoms. The molecule has 100 valence electrons. The van der Waals surface area contributed by atoms with E-state index in [1.165, 1.54) is 28.8 Å². The molecule has 0 spiro atoms. The lowest BCUT2D eigenvalue weighted by atomic mass is 9.86. The van der Waals surface area contributed by atoms with Crippen molar-refractivity contribution in [2.75, 3.05) is 0 Å². The van der Waals surface area contributed by atoms with Gasteiger partial charge in [0.1, 0.15) is 10.4 Å². The molecule has 2 heterocycles. The summed E-state index contributed by atoms with van der Waals surface area (Å²) in [4.78, 5) is 4.54. The van der Waals surface area contributed by atoms with Gasteiger partial charge in [0.05, 0.1) is 5.69 Å². The first-order valence-corrected chi connectivity index (χ1v) is 7.65. The predicted molar refractivity (Wildman–Crippen MR) is 81.6 cm³/mol. The van der Waals surface area contributed by atoms with Crippen molar-refractivity contribution in [3.63, 3.8) is 0 Å². The topological polar surface area (TPSA) is 17.8 Å². The lowest BCUT2D eigenvalue weighted by Crippen LogP contribution is -2.20. The molecule has 1 aromatic heterocycles. The summed E-state index contributed by atoms with van der Waals surface area (Å²) in [5.41, 5.74) is 5.72. The van der Waals surface area contributed by atoms with Crippen LogP contribution in [0.4, 0.5) is 0 Å². The predicted octanol–water partition coefficient (Wildman–Crippen LogP) is 4.30. The third-order valence-electron chi connectivity index (χ3n) is 4.43. The van der Waals surface area contributed by atoms with Crippen molar-refractivity contribution in [1.29, 1.82) is 0 Å². The van der Waals surface area contributed by atoms with E-state index in [9.17, 15) is 0 Å². The Morgan fingerprint density at radius 1 is 1.26 bits per heavy atom. The van der Waals surface area contributed by atoms with Crippen molar-refractivity contribution in [3.8, 4) is 0 Å². The summed E-state index contributed by atoms with van der Waals surface area (Å²) < 4.78 is 3.41. The molecule has 1 atom stereocenters. The Labute approximate surface area is 123 Å². The summed E-state index contributed by atoms with van der Waals surface area (Å²) in [5.74, 6) is 1.74. The second-order valence-corrected chi connectivity index (χ2v) is 6.28. The second-order valence-electron chi connectivity index (χ2n) is 5.53. The summed E-state index contributed by atoms with van der Waals surface area (Å²) in [5, 5.41) is 0. The molecular weight excluding hydrogens is 300 g/mol. The van der Waals surface area contributed by atoms with Gasteiger partial charge in [0.25, 0.3) is 0 Å². The SMILES string of the molecule is Cc1cccc(C2CCc3c(Br)nc(C)n3C2)c1C. The molecule has 1 aliphatic rings. The Hall–Kier alpha value is -1.09. The summed E-state index contributed by atoms with van der Waals surface area (Å²) in [6, 6.07) is 6.68. The molecule has 1 aliphatic heterocycles. The Balaban J connectivity index is 1.98. The number of fused-ring (bicyclic) bond motifs is 1. The highest BCUT2D eigenvalue weighted by atomic mass is 79.9. The summed E-state index contributed by atoms with van der Waals surface area (Å²) >= 11 is 3.57. The van der Waals surface area contributed by atoms with Crippen molar-refractivity contribution in [3.05, 3.63) is 51.0 Å². The van der Waals surface area contributed by atoms with Crippen LogP contribution in [-0.4, -0.2) is 9.55 Å². The van der Waals surface area contributed by atoms with Crippen LogP contribution in [0.3, 0.4) is 0 Å². The molecule has 0 N–H and O–H groups in total. The van der Waals surface area contributed by atoms with Gasteiger partial charge < -0.3 is 4.57 Å². The third kappa shape index (κ3) is 2.14. The smallest absolute Gasteiger partial charge is 0.127 e. The standard InChI is InChI=1S/C16H19BrN2/c1-10-5-4-6-14(11(10)2)13-7-8-15-16(17)18-12(3)19(15)9-13/h4-6,13H,7-9H2,1-3H3. The number of aromatic nitrogens is 2. The molecule has 0 amide bonds. The molecule has 3 heteroatoms. The zero-order valence-electron chi connectivity index (χ0n) is 11.7. The fourth-order valence-electron chi connectivity index (χ4n) is 3.15. The summed E-state index contributed by atoms with van der Waals surface area (Å²) in [6.45, 7) is 7.60. The van der Waals surface area contributed by atoms with E-state index in [1.54, 1.807) is 0 Å². The van der Waals surface area contributed by atoms with E-state index < -0.39 is 0 Å². The zero-order valence-corrected chi connectivity index (χ0v) is 13.3. The minimum Gasteiger partial charge on any atom is -0.331 e. The molecule has 1 unspecified atom stereocenters. The number of benzene rings is 1.